The van der Waals surface area contributed by atoms with Crippen molar-refractivity contribution in [2.75, 3.05) is 6.61 Å². The van der Waals surface area contributed by atoms with Crippen LogP contribution in [0.3, 0.4) is 0 Å². The second kappa shape index (κ2) is 11.0. The normalized spacial score (nSPS) is 56.9. The molecule has 10 fully saturated rings. The highest BCUT2D eigenvalue weighted by atomic mass is 17.3. The third-order valence-corrected chi connectivity index (χ3v) is 13.6. The van der Waals surface area contributed by atoms with Crippen molar-refractivity contribution >= 4 is 5.71 Å². The molecule has 16 atom stereocenters. The molecule has 0 amide bonds. The summed E-state index contributed by atoms with van der Waals surface area (Å²) in [5, 5.41) is 4.77. The van der Waals surface area contributed by atoms with Crippen molar-refractivity contribution in [2.45, 2.75) is 147 Å². The molecule has 45 heavy (non-hydrogen) atoms. The molecule has 8 aliphatic heterocycles. The quantitative estimate of drug-likeness (QED) is 0.108. The zero-order valence-corrected chi connectivity index (χ0v) is 27.9. The second-order valence-corrected chi connectivity index (χ2v) is 16.1. The predicted molar refractivity (Wildman–Crippen MR) is 162 cm³/mol. The SMILES string of the molecule is C=CCO/N=C(/C[C@H]1O[C@@H]2OC3(C)CC[C@H]4[C@H](C)CC[C@@H]([C@H]1C)[C@@]24OO3)[C@H]1O[C@@H]2OC3(C)CC[C@H]4[C@H](C)CC[C@@H]([C@H]1C)[C@@]24OO3. The molecule has 10 rings (SSSR count). The molecule has 0 N–H and O–H groups in total. The second-order valence-electron chi connectivity index (χ2n) is 16.1. The first-order chi connectivity index (χ1) is 21.5. The summed E-state index contributed by atoms with van der Waals surface area (Å²) in [5.41, 5.74) is -0.402. The number of fused-ring (bicyclic) bond motifs is 4. The van der Waals surface area contributed by atoms with Crippen LogP contribution in [0.5, 0.6) is 0 Å². The van der Waals surface area contributed by atoms with E-state index in [1.165, 1.54) is 0 Å². The van der Waals surface area contributed by atoms with E-state index in [1.54, 1.807) is 6.08 Å². The Balaban J connectivity index is 1.11. The van der Waals surface area contributed by atoms with E-state index in [4.69, 9.17) is 48.5 Å². The molecular weight excluding hydrogens is 578 g/mol. The molecule has 8 heterocycles. The number of rotatable bonds is 6. The van der Waals surface area contributed by atoms with Crippen LogP contribution < -0.4 is 0 Å². The molecule has 2 spiro atoms. The first kappa shape index (κ1) is 31.2. The minimum atomic E-state index is -0.836. The average Bonchev–Trinajstić information content (AvgIpc) is 3.38. The highest BCUT2D eigenvalue weighted by Gasteiger charge is 2.71. The summed E-state index contributed by atoms with van der Waals surface area (Å²) < 4.78 is 27.3. The Morgan fingerprint density at radius 1 is 0.733 bits per heavy atom. The van der Waals surface area contributed by atoms with Gasteiger partial charge in [-0.1, -0.05) is 45.5 Å². The van der Waals surface area contributed by atoms with Crippen LogP contribution in [0.2, 0.25) is 0 Å². The molecule has 0 radical (unpaired) electrons. The van der Waals surface area contributed by atoms with Crippen LogP contribution in [0.1, 0.15) is 99.3 Å². The van der Waals surface area contributed by atoms with E-state index in [0.717, 1.165) is 57.1 Å². The molecule has 2 unspecified atom stereocenters. The molecule has 252 valence electrons. The van der Waals surface area contributed by atoms with Crippen molar-refractivity contribution in [3.63, 3.8) is 0 Å². The van der Waals surface area contributed by atoms with Gasteiger partial charge in [0, 0.05) is 31.1 Å². The zero-order chi connectivity index (χ0) is 31.4. The number of oxime groups is 1. The first-order valence-electron chi connectivity index (χ1n) is 17.7. The monoisotopic (exact) mass is 631 g/mol. The van der Waals surface area contributed by atoms with Gasteiger partial charge in [0.05, 0.1) is 11.8 Å². The van der Waals surface area contributed by atoms with Gasteiger partial charge >= 0.3 is 0 Å². The molecule has 10 heteroatoms. The first-order valence-corrected chi connectivity index (χ1v) is 17.7. The van der Waals surface area contributed by atoms with Crippen LogP contribution >= 0.6 is 0 Å². The molecule has 0 aromatic carbocycles. The summed E-state index contributed by atoms with van der Waals surface area (Å²) in [7, 11) is 0. The van der Waals surface area contributed by atoms with Crippen molar-refractivity contribution in [1.82, 2.24) is 0 Å². The Labute approximate surface area is 267 Å². The fraction of sp³-hybridized carbons (Fsp3) is 0.914. The summed E-state index contributed by atoms with van der Waals surface area (Å²) in [6.07, 6.45) is 8.67. The highest BCUT2D eigenvalue weighted by Crippen LogP contribution is 2.63. The van der Waals surface area contributed by atoms with Gasteiger partial charge in [0.2, 0.25) is 11.6 Å². The van der Waals surface area contributed by atoms with Gasteiger partial charge in [-0.15, -0.1) is 0 Å². The van der Waals surface area contributed by atoms with Crippen molar-refractivity contribution in [3.05, 3.63) is 12.7 Å². The zero-order valence-electron chi connectivity index (χ0n) is 27.9. The lowest BCUT2D eigenvalue weighted by Crippen LogP contribution is -2.71. The average molecular weight is 632 g/mol. The van der Waals surface area contributed by atoms with Gasteiger partial charge in [0.25, 0.3) is 0 Å². The molecule has 0 aromatic heterocycles. The van der Waals surface area contributed by atoms with Gasteiger partial charge in [-0.3, -0.25) is 0 Å². The molecule has 0 aromatic rings. The van der Waals surface area contributed by atoms with E-state index in [9.17, 15) is 0 Å². The number of hydrogen-bond acceptors (Lipinski definition) is 10. The minimum Gasteiger partial charge on any atom is -0.392 e. The summed E-state index contributed by atoms with van der Waals surface area (Å²) in [6.45, 7) is 17.3. The number of hydrogen-bond donors (Lipinski definition) is 0. The standard InChI is InChI=1S/C35H53NO9/c1-8-17-37-36-27(29-22(5)26-12-10-20(3)24-14-16-33(7)41-31(39-29)35(24,26)45-43-33)18-28-21(4)25-11-9-19(2)23-13-15-32(6)40-30(38-28)34(23,25)44-42-32/h8,19-26,28-31H,1,9-18H2,2-7H3/b36-27-/t19-,20-,21-,22-,23+,24+,25+,26+,28-,29+,30-,31-,32?,33?,34-,35-/m1/s1. The maximum Gasteiger partial charge on any atom is 0.201 e. The highest BCUT2D eigenvalue weighted by molar-refractivity contribution is 5.89. The Morgan fingerprint density at radius 2 is 1.29 bits per heavy atom. The van der Waals surface area contributed by atoms with Gasteiger partial charge in [-0.2, -0.15) is 0 Å². The third kappa shape index (κ3) is 4.52. The van der Waals surface area contributed by atoms with E-state index < -0.39 is 35.4 Å². The fourth-order valence-electron chi connectivity index (χ4n) is 11.1. The lowest BCUT2D eigenvalue weighted by atomic mass is 9.56. The van der Waals surface area contributed by atoms with Crippen LogP contribution in [0.25, 0.3) is 0 Å². The Bertz CT molecular complexity index is 1200. The van der Waals surface area contributed by atoms with Crippen LogP contribution in [0.4, 0.5) is 0 Å². The van der Waals surface area contributed by atoms with E-state index in [2.05, 4.69) is 34.3 Å². The van der Waals surface area contributed by atoms with Gasteiger partial charge in [-0.05, 0) is 87.9 Å². The predicted octanol–water partition coefficient (Wildman–Crippen LogP) is 6.44. The third-order valence-electron chi connectivity index (χ3n) is 13.6. The molecule has 2 aliphatic carbocycles. The van der Waals surface area contributed by atoms with Gasteiger partial charge < -0.3 is 23.8 Å². The van der Waals surface area contributed by atoms with Crippen molar-refractivity contribution in [3.8, 4) is 0 Å². The molecule has 10 aliphatic rings. The van der Waals surface area contributed by atoms with Crippen molar-refractivity contribution in [1.29, 1.82) is 0 Å². The molecule has 4 bridgehead atoms. The Hall–Kier alpha value is -1.11. The lowest BCUT2D eigenvalue weighted by Gasteiger charge is -2.61. The summed E-state index contributed by atoms with van der Waals surface area (Å²) in [4.78, 5) is 30.7. The smallest absolute Gasteiger partial charge is 0.201 e. The topological polar surface area (TPSA) is 95.4 Å². The van der Waals surface area contributed by atoms with E-state index >= 15 is 0 Å². The van der Waals surface area contributed by atoms with Crippen LogP contribution in [0, 0.1) is 47.3 Å². The Kier molecular flexibility index (Phi) is 7.59. The maximum absolute atomic E-state index is 7.02. The van der Waals surface area contributed by atoms with Crippen LogP contribution in [0.15, 0.2) is 17.8 Å². The van der Waals surface area contributed by atoms with Gasteiger partial charge in [-0.25, -0.2) is 19.6 Å². The van der Waals surface area contributed by atoms with Crippen molar-refractivity contribution in [2.24, 2.45) is 52.5 Å². The number of nitrogens with zero attached hydrogens (tertiary/aromatic N) is 1. The molecule has 10 nitrogen and oxygen atoms in total. The van der Waals surface area contributed by atoms with Crippen LogP contribution in [-0.2, 0) is 43.3 Å². The summed E-state index contributed by atoms with van der Waals surface area (Å²) in [6, 6.07) is 0. The maximum atomic E-state index is 7.02. The van der Waals surface area contributed by atoms with Gasteiger partial charge in [0.15, 0.2) is 23.8 Å². The Morgan fingerprint density at radius 3 is 1.87 bits per heavy atom. The fourth-order valence-corrected chi connectivity index (χ4v) is 11.1. The van der Waals surface area contributed by atoms with Gasteiger partial charge in [0.1, 0.15) is 12.7 Å². The van der Waals surface area contributed by atoms with E-state index in [0.29, 0.717) is 36.7 Å². The van der Waals surface area contributed by atoms with Crippen molar-refractivity contribution < 1.29 is 43.3 Å². The lowest BCUT2D eigenvalue weighted by molar-refractivity contribution is -0.571. The molecule has 8 saturated heterocycles. The molecule has 2 saturated carbocycles. The van der Waals surface area contributed by atoms with E-state index in [1.807, 2.05) is 13.8 Å². The number of ether oxygens (including phenoxy) is 4. The largest absolute Gasteiger partial charge is 0.392 e. The van der Waals surface area contributed by atoms with E-state index in [-0.39, 0.29) is 35.9 Å². The summed E-state index contributed by atoms with van der Waals surface area (Å²) in [5.74, 6) is 0.701. The minimum absolute atomic E-state index is 0.0999. The molecular formula is C35H53NO9. The summed E-state index contributed by atoms with van der Waals surface area (Å²) >= 11 is 0. The van der Waals surface area contributed by atoms with Crippen LogP contribution in [-0.4, -0.2) is 59.9 Å².